The minimum atomic E-state index is 0.284. The summed E-state index contributed by atoms with van der Waals surface area (Å²) in [5.74, 6) is 1.08. The molecule has 1 saturated heterocycles. The van der Waals surface area contributed by atoms with E-state index in [0.717, 1.165) is 56.2 Å². The highest BCUT2D eigenvalue weighted by Gasteiger charge is 2.18. The lowest BCUT2D eigenvalue weighted by Crippen LogP contribution is -2.39. The summed E-state index contributed by atoms with van der Waals surface area (Å²) < 4.78 is 2.00. The van der Waals surface area contributed by atoms with Gasteiger partial charge in [-0.2, -0.15) is 0 Å². The van der Waals surface area contributed by atoms with Crippen LogP contribution in [0.1, 0.15) is 31.7 Å². The van der Waals surface area contributed by atoms with Crippen LogP contribution in [0.3, 0.4) is 0 Å². The van der Waals surface area contributed by atoms with Crippen molar-refractivity contribution in [2.75, 3.05) is 26.2 Å². The number of aromatic nitrogens is 2. The molecule has 1 fully saturated rings. The zero-order valence-electron chi connectivity index (χ0n) is 15.9. The Morgan fingerprint density at radius 3 is 2.93 bits per heavy atom. The maximum absolute atomic E-state index is 11.7. The van der Waals surface area contributed by atoms with Gasteiger partial charge in [-0.25, -0.2) is 9.98 Å². The third kappa shape index (κ3) is 5.32. The van der Waals surface area contributed by atoms with E-state index in [2.05, 4.69) is 34.7 Å². The van der Waals surface area contributed by atoms with E-state index in [0.29, 0.717) is 13.0 Å². The number of nitrogens with one attached hydrogen (secondary N) is 2. The molecule has 27 heavy (non-hydrogen) atoms. The number of amides is 1. The summed E-state index contributed by atoms with van der Waals surface area (Å²) in [6.45, 7) is 5.94. The molecule has 3 rings (SSSR count). The Bertz CT molecular complexity index is 756. The quantitative estimate of drug-likeness (QED) is 0.424. The first-order chi connectivity index (χ1) is 13.3. The van der Waals surface area contributed by atoms with E-state index < -0.39 is 0 Å². The average Bonchev–Trinajstić information content (AvgIpc) is 3.35. The fourth-order valence-electron chi connectivity index (χ4n) is 3.22. The zero-order chi connectivity index (χ0) is 18.9. The number of aliphatic imine (C=N–C) groups is 1. The number of rotatable bonds is 8. The van der Waals surface area contributed by atoms with Gasteiger partial charge in [0.05, 0.1) is 18.6 Å². The van der Waals surface area contributed by atoms with Crippen molar-refractivity contribution in [2.24, 2.45) is 4.99 Å². The predicted octanol–water partition coefficient (Wildman–Crippen LogP) is 1.94. The number of carbonyl (C=O) groups is 1. The number of likely N-dealkylation sites (tertiary alicyclic amines) is 1. The molecule has 144 valence electrons. The van der Waals surface area contributed by atoms with Crippen LogP contribution in [-0.4, -0.2) is 52.5 Å². The molecule has 1 aliphatic rings. The fraction of sp³-hybridized carbons (Fsp3) is 0.450. The molecule has 1 amide bonds. The van der Waals surface area contributed by atoms with Crippen molar-refractivity contribution in [2.45, 2.75) is 32.7 Å². The predicted molar refractivity (Wildman–Crippen MR) is 107 cm³/mol. The largest absolute Gasteiger partial charge is 0.357 e. The highest BCUT2D eigenvalue weighted by molar-refractivity contribution is 5.80. The Morgan fingerprint density at radius 2 is 2.19 bits per heavy atom. The van der Waals surface area contributed by atoms with Crippen LogP contribution in [0.2, 0.25) is 0 Å². The Morgan fingerprint density at radius 1 is 1.30 bits per heavy atom. The maximum atomic E-state index is 11.7. The van der Waals surface area contributed by atoms with Crippen molar-refractivity contribution < 1.29 is 4.79 Å². The maximum Gasteiger partial charge on any atom is 0.222 e. The lowest BCUT2D eigenvalue weighted by atomic mass is 10.2. The van der Waals surface area contributed by atoms with E-state index in [1.165, 1.54) is 0 Å². The van der Waals surface area contributed by atoms with Gasteiger partial charge in [-0.3, -0.25) is 4.79 Å². The Balaban J connectivity index is 1.55. The van der Waals surface area contributed by atoms with Crippen molar-refractivity contribution in [1.29, 1.82) is 0 Å². The topological polar surface area (TPSA) is 74.6 Å². The molecule has 0 spiro atoms. The lowest BCUT2D eigenvalue weighted by Gasteiger charge is -2.16. The molecule has 1 aromatic carbocycles. The molecule has 0 unspecified atom stereocenters. The van der Waals surface area contributed by atoms with Crippen LogP contribution in [-0.2, 0) is 11.3 Å². The van der Waals surface area contributed by atoms with Crippen LogP contribution in [0.25, 0.3) is 5.69 Å². The van der Waals surface area contributed by atoms with Gasteiger partial charge in [-0.1, -0.05) is 18.2 Å². The Hall–Kier alpha value is -2.83. The summed E-state index contributed by atoms with van der Waals surface area (Å²) in [5, 5.41) is 6.65. The van der Waals surface area contributed by atoms with E-state index in [1.807, 2.05) is 27.8 Å². The van der Waals surface area contributed by atoms with Crippen molar-refractivity contribution in [3.63, 3.8) is 0 Å². The SMILES string of the molecule is CCNC(=NCc1ccccc1-n1ccnc1)NCCCN1CCCC1=O. The van der Waals surface area contributed by atoms with E-state index in [4.69, 9.17) is 4.99 Å². The minimum absolute atomic E-state index is 0.284. The van der Waals surface area contributed by atoms with Gasteiger partial charge in [0, 0.05) is 45.0 Å². The molecular formula is C20H28N6O. The van der Waals surface area contributed by atoms with E-state index >= 15 is 0 Å². The van der Waals surface area contributed by atoms with Crippen LogP contribution in [0.5, 0.6) is 0 Å². The minimum Gasteiger partial charge on any atom is -0.357 e. The molecule has 0 aliphatic carbocycles. The molecule has 2 aromatic rings. The lowest BCUT2D eigenvalue weighted by molar-refractivity contribution is -0.127. The average molecular weight is 368 g/mol. The second-order valence-electron chi connectivity index (χ2n) is 6.56. The van der Waals surface area contributed by atoms with Gasteiger partial charge in [-0.05, 0) is 31.4 Å². The van der Waals surface area contributed by atoms with Crippen molar-refractivity contribution in [3.8, 4) is 5.69 Å². The monoisotopic (exact) mass is 368 g/mol. The fourth-order valence-corrected chi connectivity index (χ4v) is 3.22. The first kappa shape index (κ1) is 18.9. The number of imidazole rings is 1. The Kier molecular flexibility index (Phi) is 6.84. The van der Waals surface area contributed by atoms with Gasteiger partial charge in [0.15, 0.2) is 5.96 Å². The third-order valence-electron chi connectivity index (χ3n) is 4.59. The molecule has 0 bridgehead atoms. The van der Waals surface area contributed by atoms with Crippen molar-refractivity contribution in [1.82, 2.24) is 25.1 Å². The molecule has 0 radical (unpaired) electrons. The van der Waals surface area contributed by atoms with Gasteiger partial charge in [-0.15, -0.1) is 0 Å². The number of benzene rings is 1. The molecule has 1 aliphatic heterocycles. The van der Waals surface area contributed by atoms with Crippen LogP contribution in [0.15, 0.2) is 48.0 Å². The molecule has 2 heterocycles. The molecule has 7 heteroatoms. The van der Waals surface area contributed by atoms with Gasteiger partial charge >= 0.3 is 0 Å². The van der Waals surface area contributed by atoms with Crippen molar-refractivity contribution in [3.05, 3.63) is 48.5 Å². The summed E-state index contributed by atoms with van der Waals surface area (Å²) in [7, 11) is 0. The number of para-hydroxylation sites is 1. The van der Waals surface area contributed by atoms with Crippen LogP contribution in [0, 0.1) is 0 Å². The van der Waals surface area contributed by atoms with E-state index in [-0.39, 0.29) is 5.91 Å². The molecule has 0 atom stereocenters. The second kappa shape index (κ2) is 9.75. The first-order valence-electron chi connectivity index (χ1n) is 9.64. The van der Waals surface area contributed by atoms with Crippen LogP contribution >= 0.6 is 0 Å². The van der Waals surface area contributed by atoms with Crippen LogP contribution < -0.4 is 10.6 Å². The van der Waals surface area contributed by atoms with Gasteiger partial charge in [0.2, 0.25) is 5.91 Å². The number of guanidine groups is 1. The summed E-state index contributed by atoms with van der Waals surface area (Å²) in [4.78, 5) is 22.5. The summed E-state index contributed by atoms with van der Waals surface area (Å²) in [6, 6.07) is 8.20. The number of carbonyl (C=O) groups excluding carboxylic acids is 1. The Labute approximate surface area is 160 Å². The summed E-state index contributed by atoms with van der Waals surface area (Å²) in [5.41, 5.74) is 2.22. The number of hydrogen-bond donors (Lipinski definition) is 2. The first-order valence-corrected chi connectivity index (χ1v) is 9.64. The highest BCUT2D eigenvalue weighted by Crippen LogP contribution is 2.15. The van der Waals surface area contributed by atoms with Crippen LogP contribution in [0.4, 0.5) is 0 Å². The molecule has 2 N–H and O–H groups in total. The molecule has 7 nitrogen and oxygen atoms in total. The van der Waals surface area contributed by atoms with Gasteiger partial charge < -0.3 is 20.1 Å². The zero-order valence-corrected chi connectivity index (χ0v) is 15.9. The molecule has 0 saturated carbocycles. The smallest absolute Gasteiger partial charge is 0.222 e. The summed E-state index contributed by atoms with van der Waals surface area (Å²) in [6.07, 6.45) is 8.12. The normalized spacial score (nSPS) is 14.6. The highest BCUT2D eigenvalue weighted by atomic mass is 16.2. The summed E-state index contributed by atoms with van der Waals surface area (Å²) >= 11 is 0. The third-order valence-corrected chi connectivity index (χ3v) is 4.59. The number of hydrogen-bond acceptors (Lipinski definition) is 3. The van der Waals surface area contributed by atoms with Gasteiger partial charge in [0.1, 0.15) is 0 Å². The van der Waals surface area contributed by atoms with E-state index in [1.54, 1.807) is 12.5 Å². The molecular weight excluding hydrogens is 340 g/mol. The standard InChI is InChI=1S/C20H28N6O/c1-2-22-20(23-10-6-13-25-12-5-9-19(25)27)24-15-17-7-3-4-8-18(17)26-14-11-21-16-26/h3-4,7-8,11,14,16H,2,5-6,9-10,12-13,15H2,1H3,(H2,22,23,24). The van der Waals surface area contributed by atoms with Gasteiger partial charge in [0.25, 0.3) is 0 Å². The second-order valence-corrected chi connectivity index (χ2v) is 6.56. The number of nitrogens with zero attached hydrogens (tertiary/aromatic N) is 4. The van der Waals surface area contributed by atoms with E-state index in [9.17, 15) is 4.79 Å². The molecule has 1 aromatic heterocycles. The van der Waals surface area contributed by atoms with Crippen molar-refractivity contribution >= 4 is 11.9 Å².